The van der Waals surface area contributed by atoms with Crippen LogP contribution in [0, 0.1) is 10.1 Å². The molecule has 0 heterocycles. The number of carbonyl (C=O) groups excluding carboxylic acids is 1. The van der Waals surface area contributed by atoms with Gasteiger partial charge in [-0.05, 0) is 62.3 Å². The highest BCUT2D eigenvalue weighted by Crippen LogP contribution is 2.32. The van der Waals surface area contributed by atoms with Gasteiger partial charge in [-0.15, -0.1) is 11.8 Å². The largest absolute Gasteiger partial charge is 0.489 e. The molecular weight excluding hydrogens is 388 g/mol. The second-order valence-electron chi connectivity index (χ2n) is 6.26. The summed E-state index contributed by atoms with van der Waals surface area (Å²) in [6.07, 6.45) is 6.37. The summed E-state index contributed by atoms with van der Waals surface area (Å²) in [5.74, 6) is 0.0232. The number of thioether (sulfide) groups is 1. The molecule has 3 rings (SSSR count). The molecule has 0 spiro atoms. The van der Waals surface area contributed by atoms with Gasteiger partial charge in [-0.1, -0.05) is 11.6 Å². The predicted molar refractivity (Wildman–Crippen MR) is 107 cm³/mol. The standard InChI is InChI=1S/C19H19ClN2O4S/c1-27-14-7-8-17(22(24)25)15(11-14)19(23)21-12-6-9-18(16(20)10-12)26-13-4-2-3-5-13/h6-11,13H,2-5H2,1H3,(H,21,23). The molecule has 0 bridgehead atoms. The highest BCUT2D eigenvalue weighted by atomic mass is 35.5. The topological polar surface area (TPSA) is 81.5 Å². The van der Waals surface area contributed by atoms with Crippen molar-refractivity contribution >= 4 is 40.6 Å². The van der Waals surface area contributed by atoms with Crippen LogP contribution in [0.5, 0.6) is 5.75 Å². The molecule has 1 saturated carbocycles. The van der Waals surface area contributed by atoms with Gasteiger partial charge in [0.15, 0.2) is 0 Å². The third-order valence-electron chi connectivity index (χ3n) is 4.43. The van der Waals surface area contributed by atoms with E-state index in [1.54, 1.807) is 24.3 Å². The number of nitrogens with one attached hydrogen (secondary N) is 1. The Kier molecular flexibility index (Phi) is 6.23. The van der Waals surface area contributed by atoms with Gasteiger partial charge in [0.25, 0.3) is 11.6 Å². The highest BCUT2D eigenvalue weighted by molar-refractivity contribution is 7.98. The van der Waals surface area contributed by atoms with Crippen LogP contribution < -0.4 is 10.1 Å². The number of benzene rings is 2. The summed E-state index contributed by atoms with van der Waals surface area (Å²) in [7, 11) is 0. The Morgan fingerprint density at radius 3 is 2.63 bits per heavy atom. The zero-order chi connectivity index (χ0) is 19.4. The molecule has 6 nitrogen and oxygen atoms in total. The second-order valence-corrected chi connectivity index (χ2v) is 7.55. The first-order valence-corrected chi connectivity index (χ1v) is 10.2. The molecule has 142 valence electrons. The fourth-order valence-corrected chi connectivity index (χ4v) is 3.71. The van der Waals surface area contributed by atoms with Crippen LogP contribution in [0.4, 0.5) is 11.4 Å². The lowest BCUT2D eigenvalue weighted by Gasteiger charge is -2.15. The molecule has 0 aromatic heterocycles. The van der Waals surface area contributed by atoms with Gasteiger partial charge in [0, 0.05) is 16.6 Å². The van der Waals surface area contributed by atoms with Crippen LogP contribution in [-0.4, -0.2) is 23.2 Å². The van der Waals surface area contributed by atoms with Crippen molar-refractivity contribution in [1.82, 2.24) is 0 Å². The maximum absolute atomic E-state index is 12.6. The summed E-state index contributed by atoms with van der Waals surface area (Å²) < 4.78 is 5.89. The van der Waals surface area contributed by atoms with Crippen molar-refractivity contribution in [3.63, 3.8) is 0 Å². The van der Waals surface area contributed by atoms with Gasteiger partial charge in [-0.2, -0.15) is 0 Å². The fraction of sp³-hybridized carbons (Fsp3) is 0.316. The molecule has 0 unspecified atom stereocenters. The number of amides is 1. The van der Waals surface area contributed by atoms with Gasteiger partial charge < -0.3 is 10.1 Å². The number of halogens is 1. The summed E-state index contributed by atoms with van der Waals surface area (Å²) in [4.78, 5) is 24.0. The summed E-state index contributed by atoms with van der Waals surface area (Å²) in [6.45, 7) is 0. The maximum Gasteiger partial charge on any atom is 0.282 e. The van der Waals surface area contributed by atoms with Crippen LogP contribution in [0.15, 0.2) is 41.3 Å². The zero-order valence-corrected chi connectivity index (χ0v) is 16.3. The number of nitro groups is 1. The van der Waals surface area contributed by atoms with Crippen LogP contribution >= 0.6 is 23.4 Å². The first-order chi connectivity index (χ1) is 13.0. The molecule has 0 saturated heterocycles. The summed E-state index contributed by atoms with van der Waals surface area (Å²) in [5, 5.41) is 14.3. The molecule has 1 aliphatic rings. The van der Waals surface area contributed by atoms with Crippen molar-refractivity contribution in [2.45, 2.75) is 36.7 Å². The lowest BCUT2D eigenvalue weighted by molar-refractivity contribution is -0.385. The van der Waals surface area contributed by atoms with E-state index >= 15 is 0 Å². The van der Waals surface area contributed by atoms with Crippen molar-refractivity contribution < 1.29 is 14.5 Å². The second kappa shape index (κ2) is 8.63. The smallest absolute Gasteiger partial charge is 0.282 e. The van der Waals surface area contributed by atoms with Crippen LogP contribution in [-0.2, 0) is 0 Å². The third-order valence-corrected chi connectivity index (χ3v) is 5.45. The minimum Gasteiger partial charge on any atom is -0.489 e. The third kappa shape index (κ3) is 4.73. The fourth-order valence-electron chi connectivity index (χ4n) is 3.04. The number of anilines is 1. The zero-order valence-electron chi connectivity index (χ0n) is 14.7. The number of rotatable bonds is 6. The van der Waals surface area contributed by atoms with Crippen LogP contribution in [0.3, 0.4) is 0 Å². The molecule has 2 aromatic carbocycles. The Labute approximate surface area is 166 Å². The molecule has 2 aromatic rings. The molecule has 0 aliphatic heterocycles. The molecule has 1 amide bonds. The normalized spacial score (nSPS) is 14.1. The predicted octanol–water partition coefficient (Wildman–Crippen LogP) is 5.54. The average Bonchev–Trinajstić information content (AvgIpc) is 3.16. The van der Waals surface area contributed by atoms with E-state index in [9.17, 15) is 14.9 Å². The van der Waals surface area contributed by atoms with E-state index in [0.717, 1.165) is 30.6 Å². The van der Waals surface area contributed by atoms with Crippen molar-refractivity contribution in [2.24, 2.45) is 0 Å². The number of hydrogen-bond donors (Lipinski definition) is 1. The number of nitro benzene ring substituents is 1. The summed E-state index contributed by atoms with van der Waals surface area (Å²) >= 11 is 7.69. The molecule has 1 fully saturated rings. The maximum atomic E-state index is 12.6. The molecule has 27 heavy (non-hydrogen) atoms. The number of carbonyl (C=O) groups is 1. The number of ether oxygens (including phenoxy) is 1. The molecule has 0 radical (unpaired) electrons. The molecule has 0 atom stereocenters. The van der Waals surface area contributed by atoms with Gasteiger partial charge in [-0.3, -0.25) is 14.9 Å². The van der Waals surface area contributed by atoms with E-state index in [1.807, 2.05) is 6.26 Å². The van der Waals surface area contributed by atoms with E-state index in [4.69, 9.17) is 16.3 Å². The SMILES string of the molecule is CSc1ccc([N+](=O)[O-])c(C(=O)Nc2ccc(OC3CCCC3)c(Cl)c2)c1. The van der Waals surface area contributed by atoms with Crippen molar-refractivity contribution in [2.75, 3.05) is 11.6 Å². The van der Waals surface area contributed by atoms with Gasteiger partial charge in [0.05, 0.1) is 16.0 Å². The van der Waals surface area contributed by atoms with Crippen LogP contribution in [0.2, 0.25) is 5.02 Å². The number of hydrogen-bond acceptors (Lipinski definition) is 5. The van der Waals surface area contributed by atoms with E-state index in [2.05, 4.69) is 5.32 Å². The van der Waals surface area contributed by atoms with Crippen molar-refractivity contribution in [3.05, 3.63) is 57.1 Å². The van der Waals surface area contributed by atoms with Crippen LogP contribution in [0.25, 0.3) is 0 Å². The number of nitrogens with zero attached hydrogens (tertiary/aromatic N) is 1. The Bertz CT molecular complexity index is 869. The van der Waals surface area contributed by atoms with Gasteiger partial charge >= 0.3 is 0 Å². The van der Waals surface area contributed by atoms with Gasteiger partial charge in [-0.25, -0.2) is 0 Å². The first kappa shape index (κ1) is 19.5. The Morgan fingerprint density at radius 2 is 2.00 bits per heavy atom. The molecule has 1 N–H and O–H groups in total. The minimum absolute atomic E-state index is 0.00857. The van der Waals surface area contributed by atoms with E-state index in [-0.39, 0.29) is 17.4 Å². The quantitative estimate of drug-likeness (QED) is 0.386. The first-order valence-electron chi connectivity index (χ1n) is 8.58. The van der Waals surface area contributed by atoms with E-state index < -0.39 is 10.8 Å². The Balaban J connectivity index is 1.78. The summed E-state index contributed by atoms with van der Waals surface area (Å²) in [6, 6.07) is 9.45. The monoisotopic (exact) mass is 406 g/mol. The summed E-state index contributed by atoms with van der Waals surface area (Å²) in [5.41, 5.74) is 0.222. The van der Waals surface area contributed by atoms with Crippen molar-refractivity contribution in [3.8, 4) is 5.75 Å². The minimum atomic E-state index is -0.565. The van der Waals surface area contributed by atoms with Gasteiger partial charge in [0.1, 0.15) is 11.3 Å². The lowest BCUT2D eigenvalue weighted by Crippen LogP contribution is -2.14. The Morgan fingerprint density at radius 1 is 1.26 bits per heavy atom. The van der Waals surface area contributed by atoms with E-state index in [0.29, 0.717) is 16.5 Å². The van der Waals surface area contributed by atoms with Crippen LogP contribution in [0.1, 0.15) is 36.0 Å². The highest BCUT2D eigenvalue weighted by Gasteiger charge is 2.22. The Hall–Kier alpha value is -2.25. The lowest BCUT2D eigenvalue weighted by atomic mass is 10.1. The molecule has 1 aliphatic carbocycles. The average molecular weight is 407 g/mol. The molecule has 8 heteroatoms. The van der Waals surface area contributed by atoms with Crippen molar-refractivity contribution in [1.29, 1.82) is 0 Å². The van der Waals surface area contributed by atoms with Gasteiger partial charge in [0.2, 0.25) is 0 Å². The van der Waals surface area contributed by atoms with E-state index in [1.165, 1.54) is 23.9 Å². The molecular formula is C19H19ClN2O4S.